The van der Waals surface area contributed by atoms with Crippen molar-refractivity contribution in [2.45, 2.75) is 52.4 Å². The van der Waals surface area contributed by atoms with Crippen molar-refractivity contribution < 1.29 is 39.0 Å². The van der Waals surface area contributed by atoms with Crippen LogP contribution in [0.4, 0.5) is 0 Å². The van der Waals surface area contributed by atoms with Crippen molar-refractivity contribution in [3.8, 4) is 0 Å². The third kappa shape index (κ3) is 9.32. The first-order chi connectivity index (χ1) is 11.5. The van der Waals surface area contributed by atoms with Crippen molar-refractivity contribution in [3.63, 3.8) is 0 Å². The van der Waals surface area contributed by atoms with Gasteiger partial charge < -0.3 is 29.4 Å². The molecule has 0 aliphatic carbocycles. The van der Waals surface area contributed by atoms with Crippen LogP contribution >= 0.6 is 0 Å². The molecule has 0 aromatic heterocycles. The Morgan fingerprint density at radius 1 is 0.880 bits per heavy atom. The molecule has 0 radical (unpaired) electrons. The Morgan fingerprint density at radius 2 is 1.36 bits per heavy atom. The smallest absolute Gasteiger partial charge is 0.478 e. The molecule has 142 valence electrons. The van der Waals surface area contributed by atoms with Gasteiger partial charge in [-0.3, -0.25) is 0 Å². The predicted octanol–water partition coefficient (Wildman–Crippen LogP) is 1.16. The maximum Gasteiger partial charge on any atom is 0.668 e. The van der Waals surface area contributed by atoms with E-state index < -0.39 is 21.0 Å². The normalized spacial score (nSPS) is 10.8. The Bertz CT molecular complexity index is 574. The maximum absolute atomic E-state index is 11.5. The minimum absolute atomic E-state index is 0.0282. The van der Waals surface area contributed by atoms with E-state index in [2.05, 4.69) is 6.92 Å². The lowest BCUT2D eigenvalue weighted by Crippen LogP contribution is -2.33. The van der Waals surface area contributed by atoms with Crippen LogP contribution in [0, 0.1) is 0 Å². The molecular formula is C16H26O8Si. The van der Waals surface area contributed by atoms with Gasteiger partial charge in [0.05, 0.1) is 11.1 Å². The highest BCUT2D eigenvalue weighted by atomic mass is 28.4. The lowest BCUT2D eigenvalue weighted by Gasteiger charge is -2.14. The molecule has 0 aliphatic rings. The molecule has 9 heteroatoms. The largest absolute Gasteiger partial charge is 0.668 e. The number of hydrogen-bond donors (Lipinski definition) is 6. The van der Waals surface area contributed by atoms with Crippen LogP contribution in [0.1, 0.15) is 71.4 Å². The first kappa shape index (κ1) is 23.2. The number of aromatic carboxylic acids is 2. The molecule has 0 unspecified atom stereocenters. The summed E-state index contributed by atoms with van der Waals surface area (Å²) < 4.78 is 0. The molecule has 0 saturated carbocycles. The molecule has 6 N–H and O–H groups in total. The highest BCUT2D eigenvalue weighted by molar-refractivity contribution is 6.46. The number of benzene rings is 1. The van der Waals surface area contributed by atoms with Gasteiger partial charge >= 0.3 is 21.0 Å². The first-order valence-electron chi connectivity index (χ1n) is 8.03. The average molecular weight is 374 g/mol. The number of carbonyl (C=O) groups is 2. The monoisotopic (exact) mass is 374 g/mol. The zero-order chi connectivity index (χ0) is 19.6. The van der Waals surface area contributed by atoms with E-state index in [0.29, 0.717) is 12.0 Å². The van der Waals surface area contributed by atoms with Crippen LogP contribution in [-0.2, 0) is 12.8 Å². The van der Waals surface area contributed by atoms with Crippen LogP contribution in [0.25, 0.3) is 0 Å². The van der Waals surface area contributed by atoms with Crippen LogP contribution in [0.2, 0.25) is 0 Å². The minimum Gasteiger partial charge on any atom is -0.478 e. The fourth-order valence-electron chi connectivity index (χ4n) is 2.35. The third-order valence-electron chi connectivity index (χ3n) is 3.43. The molecule has 25 heavy (non-hydrogen) atoms. The zero-order valence-electron chi connectivity index (χ0n) is 14.4. The number of rotatable bonds is 8. The van der Waals surface area contributed by atoms with E-state index in [1.54, 1.807) is 6.07 Å². The van der Waals surface area contributed by atoms with Crippen molar-refractivity contribution in [1.29, 1.82) is 0 Å². The van der Waals surface area contributed by atoms with Crippen molar-refractivity contribution in [1.82, 2.24) is 0 Å². The number of carboxylic acid groups (broad SMARTS) is 2. The lowest BCUT2D eigenvalue weighted by atomic mass is 9.90. The Labute approximate surface area is 147 Å². The maximum atomic E-state index is 11.5. The standard InChI is InChI=1S/C16H22O4.H4O4Si/c1-3-5-7-11-9-10-13(15(17)18)14(16(19)20)12(11)8-6-4-2;1-5(2,3)4/h9-10H,3-8H2,1-2H3,(H,17,18)(H,19,20);1-4H. The molecule has 0 saturated heterocycles. The second kappa shape index (κ2) is 11.0. The van der Waals surface area contributed by atoms with Crippen LogP contribution in [0.3, 0.4) is 0 Å². The van der Waals surface area contributed by atoms with Crippen LogP contribution in [-0.4, -0.2) is 50.4 Å². The molecule has 0 atom stereocenters. The van der Waals surface area contributed by atoms with Gasteiger partial charge in [0, 0.05) is 0 Å². The summed E-state index contributed by atoms with van der Waals surface area (Å²) >= 11 is 0. The summed E-state index contributed by atoms with van der Waals surface area (Å²) in [7, 11) is -4.61. The molecule has 0 aliphatic heterocycles. The quantitative estimate of drug-likeness (QED) is 0.370. The Hall–Kier alpha value is -1.78. The highest BCUT2D eigenvalue weighted by Gasteiger charge is 2.22. The lowest BCUT2D eigenvalue weighted by molar-refractivity contribution is 0.0650. The Morgan fingerprint density at radius 3 is 1.76 bits per heavy atom. The molecule has 1 rings (SSSR count). The van der Waals surface area contributed by atoms with Gasteiger partial charge in [0.25, 0.3) is 0 Å². The molecule has 8 nitrogen and oxygen atoms in total. The topological polar surface area (TPSA) is 156 Å². The summed E-state index contributed by atoms with van der Waals surface area (Å²) in [5.74, 6) is -2.32. The summed E-state index contributed by atoms with van der Waals surface area (Å²) in [5.41, 5.74) is 1.54. The van der Waals surface area contributed by atoms with E-state index in [1.165, 1.54) is 6.07 Å². The summed E-state index contributed by atoms with van der Waals surface area (Å²) in [6.07, 6.45) is 5.24. The van der Waals surface area contributed by atoms with Gasteiger partial charge in [0.1, 0.15) is 0 Å². The van der Waals surface area contributed by atoms with E-state index in [-0.39, 0.29) is 11.1 Å². The molecule has 0 amide bonds. The fourth-order valence-corrected chi connectivity index (χ4v) is 2.35. The molecule has 0 heterocycles. The summed E-state index contributed by atoms with van der Waals surface area (Å²) in [4.78, 5) is 52.0. The number of hydrogen-bond acceptors (Lipinski definition) is 6. The first-order valence-corrected chi connectivity index (χ1v) is 9.82. The molecule has 1 aromatic rings. The molecule has 1 aromatic carbocycles. The third-order valence-corrected chi connectivity index (χ3v) is 3.43. The van der Waals surface area contributed by atoms with Crippen molar-refractivity contribution in [3.05, 3.63) is 34.4 Å². The van der Waals surface area contributed by atoms with Gasteiger partial charge in [-0.2, -0.15) is 0 Å². The van der Waals surface area contributed by atoms with E-state index in [1.807, 2.05) is 6.92 Å². The van der Waals surface area contributed by atoms with Crippen molar-refractivity contribution in [2.75, 3.05) is 0 Å². The number of unbranched alkanes of at least 4 members (excludes halogenated alkanes) is 2. The summed E-state index contributed by atoms with van der Waals surface area (Å²) in [6.45, 7) is 4.11. The summed E-state index contributed by atoms with van der Waals surface area (Å²) in [5, 5.41) is 18.5. The van der Waals surface area contributed by atoms with E-state index in [4.69, 9.17) is 24.3 Å². The predicted molar refractivity (Wildman–Crippen MR) is 92.2 cm³/mol. The van der Waals surface area contributed by atoms with Crippen molar-refractivity contribution in [2.24, 2.45) is 0 Å². The molecule has 0 bridgehead atoms. The van der Waals surface area contributed by atoms with E-state index >= 15 is 0 Å². The Kier molecular flexibility index (Phi) is 10.2. The highest BCUT2D eigenvalue weighted by Crippen LogP contribution is 2.24. The van der Waals surface area contributed by atoms with Gasteiger partial charge in [0.15, 0.2) is 0 Å². The van der Waals surface area contributed by atoms with Gasteiger partial charge in [-0.15, -0.1) is 0 Å². The van der Waals surface area contributed by atoms with Crippen LogP contribution < -0.4 is 0 Å². The second-order valence-corrected chi connectivity index (χ2v) is 6.74. The fraction of sp³-hybridized carbons (Fsp3) is 0.500. The van der Waals surface area contributed by atoms with Gasteiger partial charge in [-0.25, -0.2) is 9.59 Å². The van der Waals surface area contributed by atoms with Crippen molar-refractivity contribution >= 4 is 21.0 Å². The molecule has 0 fully saturated rings. The Balaban J connectivity index is 0.00000101. The number of aryl methyl sites for hydroxylation is 1. The molecular weight excluding hydrogens is 348 g/mol. The van der Waals surface area contributed by atoms with Gasteiger partial charge in [-0.1, -0.05) is 32.8 Å². The number of carboxylic acids is 2. The molecule has 0 spiro atoms. The van der Waals surface area contributed by atoms with Crippen LogP contribution in [0.5, 0.6) is 0 Å². The van der Waals surface area contributed by atoms with E-state index in [0.717, 1.165) is 37.7 Å². The zero-order valence-corrected chi connectivity index (χ0v) is 15.4. The van der Waals surface area contributed by atoms with Gasteiger partial charge in [0.2, 0.25) is 0 Å². The summed E-state index contributed by atoms with van der Waals surface area (Å²) in [6, 6.07) is 3.20. The second-order valence-electron chi connectivity index (χ2n) is 5.54. The van der Waals surface area contributed by atoms with Gasteiger partial charge in [-0.05, 0) is 42.9 Å². The SMILES string of the molecule is CCCCc1ccc(C(=O)O)c(C(=O)O)c1CCCC.O[Si](O)(O)O. The minimum atomic E-state index is -4.61. The average Bonchev–Trinajstić information content (AvgIpc) is 2.48. The van der Waals surface area contributed by atoms with Crippen LogP contribution in [0.15, 0.2) is 12.1 Å². The van der Waals surface area contributed by atoms with E-state index in [9.17, 15) is 14.7 Å².